The summed E-state index contributed by atoms with van der Waals surface area (Å²) in [5, 5.41) is 14.3. The highest BCUT2D eigenvalue weighted by Crippen LogP contribution is 2.27. The van der Waals surface area contributed by atoms with E-state index in [1.165, 1.54) is 0 Å². The lowest BCUT2D eigenvalue weighted by atomic mass is 10.1. The summed E-state index contributed by atoms with van der Waals surface area (Å²) in [6, 6.07) is 3.90. The molecule has 0 fully saturated rings. The fraction of sp³-hybridized carbons (Fsp3) is 0.385. The van der Waals surface area contributed by atoms with Crippen molar-refractivity contribution in [3.05, 3.63) is 42.0 Å². The number of methoxy groups -OCH3 is 1. The van der Waals surface area contributed by atoms with Crippen LogP contribution in [0.4, 0.5) is 0 Å². The summed E-state index contributed by atoms with van der Waals surface area (Å²) >= 11 is 0. The van der Waals surface area contributed by atoms with Crippen molar-refractivity contribution in [2.75, 3.05) is 7.11 Å². The van der Waals surface area contributed by atoms with Gasteiger partial charge in [-0.25, -0.2) is 0 Å². The maximum atomic E-state index is 10.2. The van der Waals surface area contributed by atoms with Gasteiger partial charge < -0.3 is 9.84 Å². The van der Waals surface area contributed by atoms with Crippen LogP contribution >= 0.6 is 0 Å². The van der Waals surface area contributed by atoms with E-state index in [9.17, 15) is 5.11 Å². The zero-order valence-corrected chi connectivity index (χ0v) is 10.6. The lowest BCUT2D eigenvalue weighted by molar-refractivity contribution is 0.154. The summed E-state index contributed by atoms with van der Waals surface area (Å²) in [6.45, 7) is 0. The molecule has 5 heteroatoms. The van der Waals surface area contributed by atoms with Gasteiger partial charge in [0.2, 0.25) is 0 Å². The molecule has 0 bridgehead atoms. The lowest BCUT2D eigenvalue weighted by Gasteiger charge is -2.12. The van der Waals surface area contributed by atoms with Gasteiger partial charge in [-0.2, -0.15) is 5.10 Å². The Morgan fingerprint density at radius 3 is 2.94 bits per heavy atom. The molecule has 2 aromatic heterocycles. The van der Waals surface area contributed by atoms with Gasteiger partial charge in [-0.15, -0.1) is 0 Å². The monoisotopic (exact) mass is 247 g/mol. The van der Waals surface area contributed by atoms with Crippen LogP contribution in [0.5, 0.6) is 5.75 Å². The molecule has 0 aliphatic carbocycles. The van der Waals surface area contributed by atoms with Gasteiger partial charge in [0.1, 0.15) is 5.69 Å². The molecule has 0 saturated carbocycles. The molecule has 2 aromatic rings. The average Bonchev–Trinajstić information content (AvgIpc) is 2.78. The summed E-state index contributed by atoms with van der Waals surface area (Å²) in [4.78, 5) is 4.05. The van der Waals surface area contributed by atoms with Crippen LogP contribution in [0.15, 0.2) is 30.7 Å². The summed E-state index contributed by atoms with van der Waals surface area (Å²) < 4.78 is 6.83. The normalized spacial score (nSPS) is 12.4. The molecule has 1 atom stereocenters. The quantitative estimate of drug-likeness (QED) is 0.869. The lowest BCUT2D eigenvalue weighted by Crippen LogP contribution is -2.07. The van der Waals surface area contributed by atoms with Crippen molar-refractivity contribution in [1.29, 1.82) is 0 Å². The van der Waals surface area contributed by atoms with Crippen LogP contribution in [0, 0.1) is 0 Å². The molecule has 0 saturated heterocycles. The highest BCUT2D eigenvalue weighted by molar-refractivity contribution is 5.27. The Bertz CT molecular complexity index is 496. The average molecular weight is 247 g/mol. The van der Waals surface area contributed by atoms with E-state index in [0.29, 0.717) is 17.9 Å². The molecule has 5 nitrogen and oxygen atoms in total. The number of aromatic nitrogens is 3. The standard InChI is InChI=1S/C13H17N3O2/c1-16-13(12(18-2)9-15-16)11(17)6-5-10-4-3-7-14-8-10/h3-4,7-9,11,17H,5-6H2,1-2H3. The minimum Gasteiger partial charge on any atom is -0.493 e. The second-order valence-corrected chi connectivity index (χ2v) is 4.14. The summed E-state index contributed by atoms with van der Waals surface area (Å²) in [5.74, 6) is 0.621. The van der Waals surface area contributed by atoms with Gasteiger partial charge in [-0.05, 0) is 24.5 Å². The van der Waals surface area contributed by atoms with E-state index in [0.717, 1.165) is 12.0 Å². The van der Waals surface area contributed by atoms with E-state index >= 15 is 0 Å². The van der Waals surface area contributed by atoms with Crippen LogP contribution in [0.25, 0.3) is 0 Å². The number of nitrogens with zero attached hydrogens (tertiary/aromatic N) is 3. The minimum atomic E-state index is -0.590. The Balaban J connectivity index is 2.03. The van der Waals surface area contributed by atoms with Gasteiger partial charge in [-0.1, -0.05) is 6.07 Å². The molecule has 0 spiro atoms. The predicted molar refractivity (Wildman–Crippen MR) is 67.3 cm³/mol. The van der Waals surface area contributed by atoms with Crippen molar-refractivity contribution in [3.63, 3.8) is 0 Å². The number of aliphatic hydroxyl groups excluding tert-OH is 1. The van der Waals surface area contributed by atoms with Crippen LogP contribution in [-0.4, -0.2) is 27.0 Å². The van der Waals surface area contributed by atoms with E-state index in [-0.39, 0.29) is 0 Å². The third kappa shape index (κ3) is 2.68. The van der Waals surface area contributed by atoms with Gasteiger partial charge in [0.05, 0.1) is 19.4 Å². The Hall–Kier alpha value is -1.88. The van der Waals surface area contributed by atoms with Crippen LogP contribution < -0.4 is 4.74 Å². The first kappa shape index (κ1) is 12.6. The molecule has 0 amide bonds. The molecule has 96 valence electrons. The van der Waals surface area contributed by atoms with Crippen LogP contribution in [0.2, 0.25) is 0 Å². The number of pyridine rings is 1. The molecule has 0 aliphatic heterocycles. The minimum absolute atomic E-state index is 0.590. The zero-order valence-electron chi connectivity index (χ0n) is 10.6. The van der Waals surface area contributed by atoms with Crippen molar-refractivity contribution in [3.8, 4) is 5.75 Å². The fourth-order valence-corrected chi connectivity index (χ4v) is 1.95. The van der Waals surface area contributed by atoms with Crippen molar-refractivity contribution in [1.82, 2.24) is 14.8 Å². The highest BCUT2D eigenvalue weighted by atomic mass is 16.5. The Kier molecular flexibility index (Phi) is 3.94. The van der Waals surface area contributed by atoms with Crippen molar-refractivity contribution < 1.29 is 9.84 Å². The van der Waals surface area contributed by atoms with Gasteiger partial charge in [0, 0.05) is 19.4 Å². The second-order valence-electron chi connectivity index (χ2n) is 4.14. The maximum Gasteiger partial charge on any atom is 0.162 e. The van der Waals surface area contributed by atoms with Gasteiger partial charge in [0.15, 0.2) is 5.75 Å². The van der Waals surface area contributed by atoms with Crippen molar-refractivity contribution >= 4 is 0 Å². The third-order valence-electron chi connectivity index (χ3n) is 2.91. The molecule has 0 aliphatic rings. The number of hydrogen-bond donors (Lipinski definition) is 1. The van der Waals surface area contributed by atoms with Crippen LogP contribution in [0.3, 0.4) is 0 Å². The van der Waals surface area contributed by atoms with Gasteiger partial charge in [0.25, 0.3) is 0 Å². The molecular formula is C13H17N3O2. The molecule has 18 heavy (non-hydrogen) atoms. The highest BCUT2D eigenvalue weighted by Gasteiger charge is 2.18. The molecule has 1 N–H and O–H groups in total. The summed E-state index contributed by atoms with van der Waals surface area (Å²) in [6.07, 6.45) is 5.96. The number of ether oxygens (including phenoxy) is 1. The molecule has 1 unspecified atom stereocenters. The second kappa shape index (κ2) is 5.64. The molecule has 2 rings (SSSR count). The smallest absolute Gasteiger partial charge is 0.162 e. The van der Waals surface area contributed by atoms with Crippen LogP contribution in [-0.2, 0) is 13.5 Å². The summed E-state index contributed by atoms with van der Waals surface area (Å²) in [7, 11) is 3.37. The SMILES string of the molecule is COc1cnn(C)c1C(O)CCc1cccnc1. The topological polar surface area (TPSA) is 60.2 Å². The van der Waals surface area contributed by atoms with E-state index in [2.05, 4.69) is 10.1 Å². The van der Waals surface area contributed by atoms with Gasteiger partial charge >= 0.3 is 0 Å². The Morgan fingerprint density at radius 1 is 1.44 bits per heavy atom. The van der Waals surface area contributed by atoms with E-state index in [1.807, 2.05) is 18.3 Å². The first-order valence-corrected chi connectivity index (χ1v) is 5.85. The molecule has 0 aromatic carbocycles. The zero-order chi connectivity index (χ0) is 13.0. The van der Waals surface area contributed by atoms with E-state index in [1.54, 1.807) is 31.2 Å². The van der Waals surface area contributed by atoms with Gasteiger partial charge in [-0.3, -0.25) is 9.67 Å². The van der Waals surface area contributed by atoms with E-state index < -0.39 is 6.10 Å². The predicted octanol–water partition coefficient (Wildman–Crippen LogP) is 1.49. The van der Waals surface area contributed by atoms with Crippen molar-refractivity contribution in [2.24, 2.45) is 7.05 Å². The number of aliphatic hydroxyl groups is 1. The first-order chi connectivity index (χ1) is 8.72. The third-order valence-corrected chi connectivity index (χ3v) is 2.91. The molecule has 2 heterocycles. The van der Waals surface area contributed by atoms with Crippen molar-refractivity contribution in [2.45, 2.75) is 18.9 Å². The number of rotatable bonds is 5. The molecule has 0 radical (unpaired) electrons. The maximum absolute atomic E-state index is 10.2. The Labute approximate surface area is 106 Å². The van der Waals surface area contributed by atoms with Crippen LogP contribution in [0.1, 0.15) is 23.8 Å². The number of hydrogen-bond acceptors (Lipinski definition) is 4. The number of aryl methyl sites for hydroxylation is 2. The molecular weight excluding hydrogens is 230 g/mol. The first-order valence-electron chi connectivity index (χ1n) is 5.85. The Morgan fingerprint density at radius 2 is 2.28 bits per heavy atom. The fourth-order valence-electron chi connectivity index (χ4n) is 1.95. The van der Waals surface area contributed by atoms with E-state index in [4.69, 9.17) is 4.74 Å². The largest absolute Gasteiger partial charge is 0.493 e. The summed E-state index contributed by atoms with van der Waals surface area (Å²) in [5.41, 5.74) is 1.82.